The van der Waals surface area contributed by atoms with E-state index >= 15 is 0 Å². The molecule has 2 aliphatic heterocycles. The van der Waals surface area contributed by atoms with Crippen molar-refractivity contribution < 1.29 is 22.7 Å². The topological polar surface area (TPSA) is 59.4 Å². The van der Waals surface area contributed by atoms with E-state index < -0.39 is 23.5 Å². The van der Waals surface area contributed by atoms with Crippen LogP contribution in [-0.4, -0.2) is 46.6 Å². The summed E-state index contributed by atoms with van der Waals surface area (Å²) in [6.07, 6.45) is 6.71. The maximum absolute atomic E-state index is 13.9. The number of benzene rings is 2. The van der Waals surface area contributed by atoms with E-state index in [0.717, 1.165) is 29.1 Å². The third-order valence-electron chi connectivity index (χ3n) is 6.63. The molecule has 3 heterocycles. The molecule has 1 amide bonds. The summed E-state index contributed by atoms with van der Waals surface area (Å²) in [6, 6.07) is 6.89. The van der Waals surface area contributed by atoms with E-state index in [1.54, 1.807) is 18.3 Å². The van der Waals surface area contributed by atoms with E-state index in [1.165, 1.54) is 0 Å². The van der Waals surface area contributed by atoms with Gasteiger partial charge in [0.1, 0.15) is 5.75 Å². The number of piperazine rings is 1. The summed E-state index contributed by atoms with van der Waals surface area (Å²) >= 11 is 0. The Balaban J connectivity index is 1.46. The van der Waals surface area contributed by atoms with E-state index in [4.69, 9.17) is 4.74 Å². The highest BCUT2D eigenvalue weighted by Gasteiger charge is 2.39. The molecular formula is C26H25F3N4O2. The van der Waals surface area contributed by atoms with Gasteiger partial charge in [-0.05, 0) is 61.2 Å². The second-order valence-electron chi connectivity index (χ2n) is 8.90. The molecule has 0 unspecified atom stereocenters. The Bertz CT molecular complexity index is 1300. The molecule has 0 radical (unpaired) electrons. The van der Waals surface area contributed by atoms with Crippen molar-refractivity contribution in [2.45, 2.75) is 31.8 Å². The number of fused-ring (bicyclic) bond motifs is 1. The van der Waals surface area contributed by atoms with Crippen molar-refractivity contribution in [2.75, 3.05) is 20.2 Å². The normalized spacial score (nSPS) is 21.3. The zero-order chi connectivity index (χ0) is 24.7. The standard InChI is InChI=1S/C26H25F3N4O2/c1-15-13-32(14-31-15)22-6-3-16(8-24(22)35-2)7-17-4-5-19-11-30-12-23(33(19)26(17)34)18-9-20(27)25(29)21(28)10-18/h3,6-10,13-14,19,23,30H,4-5,11-12H2,1-2H3/t19-,23-/m0/s1. The molecular weight excluding hydrogens is 457 g/mol. The number of piperidine rings is 1. The second kappa shape index (κ2) is 9.22. The van der Waals surface area contributed by atoms with Crippen molar-refractivity contribution in [3.05, 3.63) is 82.7 Å². The predicted octanol–water partition coefficient (Wildman–Crippen LogP) is 4.33. The van der Waals surface area contributed by atoms with Gasteiger partial charge < -0.3 is 19.5 Å². The molecule has 1 N–H and O–H groups in total. The van der Waals surface area contributed by atoms with Crippen LogP contribution in [-0.2, 0) is 4.79 Å². The first-order valence-electron chi connectivity index (χ1n) is 11.4. The van der Waals surface area contributed by atoms with Crippen LogP contribution in [0, 0.1) is 24.4 Å². The minimum Gasteiger partial charge on any atom is -0.495 e. The molecule has 5 rings (SSSR count). The quantitative estimate of drug-likeness (QED) is 0.445. The summed E-state index contributed by atoms with van der Waals surface area (Å²) < 4.78 is 48.8. The molecule has 2 saturated heterocycles. The summed E-state index contributed by atoms with van der Waals surface area (Å²) in [7, 11) is 1.59. The number of carbonyl (C=O) groups excluding carboxylic acids is 1. The van der Waals surface area contributed by atoms with Crippen LogP contribution in [0.2, 0.25) is 0 Å². The van der Waals surface area contributed by atoms with Crippen molar-refractivity contribution >= 4 is 12.0 Å². The predicted molar refractivity (Wildman–Crippen MR) is 125 cm³/mol. The van der Waals surface area contributed by atoms with E-state index in [2.05, 4.69) is 10.3 Å². The van der Waals surface area contributed by atoms with Crippen LogP contribution in [0.3, 0.4) is 0 Å². The number of aryl methyl sites for hydroxylation is 1. The fourth-order valence-corrected chi connectivity index (χ4v) is 4.91. The summed E-state index contributed by atoms with van der Waals surface area (Å²) in [5, 5.41) is 3.23. The monoisotopic (exact) mass is 482 g/mol. The molecule has 0 aliphatic carbocycles. The highest BCUT2D eigenvalue weighted by molar-refractivity contribution is 5.99. The molecule has 1 aromatic heterocycles. The average Bonchev–Trinajstić information content (AvgIpc) is 3.29. The van der Waals surface area contributed by atoms with Gasteiger partial charge in [0, 0.05) is 30.9 Å². The summed E-state index contributed by atoms with van der Waals surface area (Å²) in [5.74, 6) is -3.59. The van der Waals surface area contributed by atoms with Gasteiger partial charge in [-0.25, -0.2) is 18.2 Å². The maximum Gasteiger partial charge on any atom is 0.250 e. The van der Waals surface area contributed by atoms with Gasteiger partial charge in [-0.2, -0.15) is 0 Å². The molecule has 0 saturated carbocycles. The first-order valence-corrected chi connectivity index (χ1v) is 11.4. The Kier molecular flexibility index (Phi) is 6.10. The number of hydrogen-bond donors (Lipinski definition) is 1. The van der Waals surface area contributed by atoms with Crippen molar-refractivity contribution in [3.8, 4) is 11.4 Å². The molecule has 2 aliphatic rings. The SMILES string of the molecule is COc1cc(C=C2CC[C@H]3CNC[C@@H](c4cc(F)c(F)c(F)c4)N3C2=O)ccc1-n1cnc(C)c1. The number of nitrogens with one attached hydrogen (secondary N) is 1. The number of ether oxygens (including phenoxy) is 1. The highest BCUT2D eigenvalue weighted by Crippen LogP contribution is 2.36. The Morgan fingerprint density at radius 3 is 2.60 bits per heavy atom. The molecule has 2 fully saturated rings. The molecule has 0 spiro atoms. The van der Waals surface area contributed by atoms with Crippen LogP contribution >= 0.6 is 0 Å². The van der Waals surface area contributed by atoms with Gasteiger partial charge in [-0.3, -0.25) is 4.79 Å². The van der Waals surface area contributed by atoms with Gasteiger partial charge in [-0.15, -0.1) is 0 Å². The van der Waals surface area contributed by atoms with E-state index in [0.29, 0.717) is 37.3 Å². The smallest absolute Gasteiger partial charge is 0.250 e. The van der Waals surface area contributed by atoms with Crippen LogP contribution < -0.4 is 10.1 Å². The van der Waals surface area contributed by atoms with Crippen LogP contribution in [0.25, 0.3) is 11.8 Å². The lowest BCUT2D eigenvalue weighted by molar-refractivity contribution is -0.135. The molecule has 35 heavy (non-hydrogen) atoms. The first kappa shape index (κ1) is 23.2. The zero-order valence-corrected chi connectivity index (χ0v) is 19.4. The van der Waals surface area contributed by atoms with Crippen molar-refractivity contribution in [3.63, 3.8) is 0 Å². The van der Waals surface area contributed by atoms with Crippen molar-refractivity contribution in [1.29, 1.82) is 0 Å². The van der Waals surface area contributed by atoms with Gasteiger partial charge in [0.25, 0.3) is 5.91 Å². The third-order valence-corrected chi connectivity index (χ3v) is 6.63. The number of aromatic nitrogens is 2. The van der Waals surface area contributed by atoms with E-state index in [1.807, 2.05) is 42.0 Å². The number of amides is 1. The fraction of sp³-hybridized carbons (Fsp3) is 0.308. The number of halogens is 3. The molecule has 3 aromatic rings. The van der Waals surface area contributed by atoms with Gasteiger partial charge in [-0.1, -0.05) is 6.07 Å². The lowest BCUT2D eigenvalue weighted by Crippen LogP contribution is -2.57. The lowest BCUT2D eigenvalue weighted by atomic mass is 9.89. The Labute approximate surface area is 201 Å². The molecule has 2 atom stereocenters. The zero-order valence-electron chi connectivity index (χ0n) is 19.4. The average molecular weight is 483 g/mol. The molecule has 2 aromatic carbocycles. The van der Waals surface area contributed by atoms with Crippen LogP contribution in [0.1, 0.15) is 35.7 Å². The van der Waals surface area contributed by atoms with Crippen LogP contribution in [0.15, 0.2) is 48.4 Å². The molecule has 182 valence electrons. The third kappa shape index (κ3) is 4.32. The maximum atomic E-state index is 13.9. The van der Waals surface area contributed by atoms with E-state index in [-0.39, 0.29) is 17.5 Å². The minimum atomic E-state index is -1.51. The summed E-state index contributed by atoms with van der Waals surface area (Å²) in [6.45, 7) is 2.82. The lowest BCUT2D eigenvalue weighted by Gasteiger charge is -2.46. The van der Waals surface area contributed by atoms with Gasteiger partial charge in [0.2, 0.25) is 0 Å². The molecule has 9 heteroatoms. The number of imidazole rings is 1. The number of nitrogens with zero attached hydrogens (tertiary/aromatic N) is 3. The summed E-state index contributed by atoms with van der Waals surface area (Å²) in [5.41, 5.74) is 3.34. The van der Waals surface area contributed by atoms with Gasteiger partial charge in [0.15, 0.2) is 17.5 Å². The summed E-state index contributed by atoms with van der Waals surface area (Å²) in [4.78, 5) is 19.5. The highest BCUT2D eigenvalue weighted by atomic mass is 19.2. The van der Waals surface area contributed by atoms with Gasteiger partial charge >= 0.3 is 0 Å². The second-order valence-corrected chi connectivity index (χ2v) is 8.90. The Hall–Kier alpha value is -3.59. The molecule has 6 nitrogen and oxygen atoms in total. The van der Waals surface area contributed by atoms with Crippen LogP contribution in [0.5, 0.6) is 5.75 Å². The van der Waals surface area contributed by atoms with Crippen LogP contribution in [0.4, 0.5) is 13.2 Å². The van der Waals surface area contributed by atoms with Crippen molar-refractivity contribution in [1.82, 2.24) is 19.8 Å². The van der Waals surface area contributed by atoms with E-state index in [9.17, 15) is 18.0 Å². The minimum absolute atomic E-state index is 0.115. The largest absolute Gasteiger partial charge is 0.495 e. The number of rotatable bonds is 4. The number of methoxy groups -OCH3 is 1. The Morgan fingerprint density at radius 2 is 1.91 bits per heavy atom. The molecule has 0 bridgehead atoms. The van der Waals surface area contributed by atoms with Gasteiger partial charge in [0.05, 0.1) is 30.9 Å². The first-order chi connectivity index (χ1) is 16.9. The number of hydrogen-bond acceptors (Lipinski definition) is 4. The fourth-order valence-electron chi connectivity index (χ4n) is 4.91. The Morgan fingerprint density at radius 1 is 1.14 bits per heavy atom. The van der Waals surface area contributed by atoms with Crippen molar-refractivity contribution in [2.24, 2.45) is 0 Å². The number of carbonyl (C=O) groups is 1.